The van der Waals surface area contributed by atoms with Crippen LogP contribution in [0.5, 0.6) is 0 Å². The van der Waals surface area contributed by atoms with Gasteiger partial charge in [0, 0.05) is 26.7 Å². The van der Waals surface area contributed by atoms with Crippen molar-refractivity contribution in [2.75, 3.05) is 39.9 Å². The van der Waals surface area contributed by atoms with E-state index in [1.54, 1.807) is 7.05 Å². The van der Waals surface area contributed by atoms with Gasteiger partial charge in [0.15, 0.2) is 0 Å². The highest BCUT2D eigenvalue weighted by atomic mass is 16.5. The predicted octanol–water partition coefficient (Wildman–Crippen LogP) is -0.166. The molecule has 0 aromatic carbocycles. The van der Waals surface area contributed by atoms with Gasteiger partial charge < -0.3 is 15.0 Å². The molecule has 0 aromatic heterocycles. The molecule has 6 nitrogen and oxygen atoms in total. The maximum Gasteiger partial charge on any atom is 0.240 e. The summed E-state index contributed by atoms with van der Waals surface area (Å²) in [4.78, 5) is 28.6. The molecular weight excluding hydrogens is 258 g/mol. The number of carbonyl (C=O) groups excluding carboxylic acids is 2. The summed E-state index contributed by atoms with van der Waals surface area (Å²) < 4.78 is 5.29. The van der Waals surface area contributed by atoms with Crippen molar-refractivity contribution in [1.82, 2.24) is 15.1 Å². The second kappa shape index (κ2) is 6.10. The van der Waals surface area contributed by atoms with Crippen LogP contribution in [0.15, 0.2) is 0 Å². The van der Waals surface area contributed by atoms with Gasteiger partial charge >= 0.3 is 0 Å². The van der Waals surface area contributed by atoms with E-state index in [1.165, 1.54) is 0 Å². The molecule has 2 saturated heterocycles. The molecule has 0 aliphatic carbocycles. The zero-order chi connectivity index (χ0) is 14.8. The molecule has 2 heterocycles. The van der Waals surface area contributed by atoms with Crippen molar-refractivity contribution in [2.24, 2.45) is 0 Å². The van der Waals surface area contributed by atoms with Crippen molar-refractivity contribution < 1.29 is 14.3 Å². The van der Waals surface area contributed by atoms with E-state index in [4.69, 9.17) is 4.74 Å². The molecule has 2 amide bonds. The third-order valence-corrected chi connectivity index (χ3v) is 4.36. The first-order valence-corrected chi connectivity index (χ1v) is 7.34. The van der Waals surface area contributed by atoms with Gasteiger partial charge in [-0.2, -0.15) is 0 Å². The number of nitrogens with zero attached hydrogens (tertiary/aromatic N) is 2. The van der Waals surface area contributed by atoms with Gasteiger partial charge in [0.1, 0.15) is 0 Å². The van der Waals surface area contributed by atoms with Crippen LogP contribution in [0.3, 0.4) is 0 Å². The second-order valence-electron chi connectivity index (χ2n) is 5.93. The molecule has 0 spiro atoms. The van der Waals surface area contributed by atoms with Crippen LogP contribution in [-0.2, 0) is 14.3 Å². The van der Waals surface area contributed by atoms with E-state index < -0.39 is 5.54 Å². The number of amides is 2. The van der Waals surface area contributed by atoms with Crippen LogP contribution in [0.25, 0.3) is 0 Å². The van der Waals surface area contributed by atoms with Crippen molar-refractivity contribution in [3.05, 3.63) is 0 Å². The van der Waals surface area contributed by atoms with E-state index in [0.717, 1.165) is 19.4 Å². The SMILES string of the molecule is CNC(=O)C(C)(C)N1CCC[C@H]1C(=O)N1CCOCC1. The Bertz CT molecular complexity index is 378. The zero-order valence-corrected chi connectivity index (χ0v) is 12.6. The van der Waals surface area contributed by atoms with Crippen molar-refractivity contribution in [1.29, 1.82) is 0 Å². The van der Waals surface area contributed by atoms with E-state index >= 15 is 0 Å². The predicted molar refractivity (Wildman–Crippen MR) is 75.3 cm³/mol. The Morgan fingerprint density at radius 2 is 1.85 bits per heavy atom. The third-order valence-electron chi connectivity index (χ3n) is 4.36. The summed E-state index contributed by atoms with van der Waals surface area (Å²) in [5.41, 5.74) is -0.655. The molecule has 2 rings (SSSR count). The highest BCUT2D eigenvalue weighted by Crippen LogP contribution is 2.28. The van der Waals surface area contributed by atoms with Gasteiger partial charge in [-0.25, -0.2) is 0 Å². The first kappa shape index (κ1) is 15.3. The quantitative estimate of drug-likeness (QED) is 0.781. The van der Waals surface area contributed by atoms with Gasteiger partial charge in [-0.3, -0.25) is 14.5 Å². The summed E-state index contributed by atoms with van der Waals surface area (Å²) in [6, 6.07) is -0.180. The fourth-order valence-corrected chi connectivity index (χ4v) is 3.12. The molecule has 6 heteroatoms. The number of likely N-dealkylation sites (N-methyl/N-ethyl adjacent to an activating group) is 1. The molecule has 0 aromatic rings. The molecule has 114 valence electrons. The highest BCUT2D eigenvalue weighted by molar-refractivity contribution is 5.88. The van der Waals surface area contributed by atoms with E-state index in [9.17, 15) is 9.59 Å². The molecule has 0 saturated carbocycles. The number of hydrogen-bond donors (Lipinski definition) is 1. The summed E-state index contributed by atoms with van der Waals surface area (Å²) in [7, 11) is 1.64. The smallest absolute Gasteiger partial charge is 0.240 e. The van der Waals surface area contributed by atoms with Crippen LogP contribution in [0.2, 0.25) is 0 Å². The van der Waals surface area contributed by atoms with Gasteiger partial charge in [-0.15, -0.1) is 0 Å². The Morgan fingerprint density at radius 1 is 1.20 bits per heavy atom. The molecule has 0 unspecified atom stereocenters. The topological polar surface area (TPSA) is 61.9 Å². The number of ether oxygens (including phenoxy) is 1. The fraction of sp³-hybridized carbons (Fsp3) is 0.857. The maximum absolute atomic E-state index is 12.7. The average molecular weight is 283 g/mol. The molecule has 1 N–H and O–H groups in total. The largest absolute Gasteiger partial charge is 0.378 e. The number of carbonyl (C=O) groups is 2. The first-order valence-electron chi connectivity index (χ1n) is 7.34. The summed E-state index contributed by atoms with van der Waals surface area (Å²) in [5.74, 6) is 0.0990. The minimum Gasteiger partial charge on any atom is -0.378 e. The number of likely N-dealkylation sites (tertiary alicyclic amines) is 1. The third kappa shape index (κ3) is 2.81. The van der Waals surface area contributed by atoms with E-state index in [1.807, 2.05) is 23.6 Å². The van der Waals surface area contributed by atoms with E-state index in [-0.39, 0.29) is 17.9 Å². The number of morpholine rings is 1. The fourth-order valence-electron chi connectivity index (χ4n) is 3.12. The Hall–Kier alpha value is -1.14. The van der Waals surface area contributed by atoms with Crippen LogP contribution in [0.1, 0.15) is 26.7 Å². The first-order chi connectivity index (χ1) is 9.48. The summed E-state index contributed by atoms with van der Waals surface area (Å²) in [6.07, 6.45) is 1.79. The van der Waals surface area contributed by atoms with Crippen molar-refractivity contribution in [3.63, 3.8) is 0 Å². The lowest BCUT2D eigenvalue weighted by atomic mass is 9.99. The molecule has 20 heavy (non-hydrogen) atoms. The molecule has 0 radical (unpaired) electrons. The van der Waals surface area contributed by atoms with Crippen molar-refractivity contribution in [3.8, 4) is 0 Å². The van der Waals surface area contributed by atoms with Gasteiger partial charge in [0.05, 0.1) is 24.8 Å². The molecule has 2 aliphatic rings. The number of rotatable bonds is 3. The Kier molecular flexibility index (Phi) is 4.65. The van der Waals surface area contributed by atoms with Gasteiger partial charge in [0.25, 0.3) is 0 Å². The lowest BCUT2D eigenvalue weighted by Crippen LogP contribution is -2.60. The molecular formula is C14H25N3O3. The Morgan fingerprint density at radius 3 is 2.45 bits per heavy atom. The van der Waals surface area contributed by atoms with Gasteiger partial charge in [-0.1, -0.05) is 0 Å². The monoisotopic (exact) mass is 283 g/mol. The summed E-state index contributed by atoms with van der Waals surface area (Å²) in [5, 5.41) is 2.70. The lowest BCUT2D eigenvalue weighted by Gasteiger charge is -2.39. The highest BCUT2D eigenvalue weighted by Gasteiger charge is 2.44. The average Bonchev–Trinajstić information content (AvgIpc) is 2.96. The van der Waals surface area contributed by atoms with Crippen LogP contribution >= 0.6 is 0 Å². The van der Waals surface area contributed by atoms with Crippen molar-refractivity contribution >= 4 is 11.8 Å². The van der Waals surface area contributed by atoms with E-state index in [0.29, 0.717) is 26.3 Å². The molecule has 0 bridgehead atoms. The molecule has 1 atom stereocenters. The Balaban J connectivity index is 2.10. The summed E-state index contributed by atoms with van der Waals surface area (Å²) in [6.45, 7) is 7.09. The van der Waals surface area contributed by atoms with E-state index in [2.05, 4.69) is 5.32 Å². The Labute approximate surface area is 120 Å². The molecule has 2 aliphatic heterocycles. The molecule has 2 fully saturated rings. The second-order valence-corrected chi connectivity index (χ2v) is 5.93. The standard InChI is InChI=1S/C14H25N3O3/c1-14(2,13(19)15-3)17-6-4-5-11(17)12(18)16-7-9-20-10-8-16/h11H,4-10H2,1-3H3,(H,15,19)/t11-/m0/s1. The van der Waals surface area contributed by atoms with Crippen LogP contribution < -0.4 is 5.32 Å². The number of nitrogens with one attached hydrogen (secondary N) is 1. The van der Waals surface area contributed by atoms with Crippen molar-refractivity contribution in [2.45, 2.75) is 38.3 Å². The van der Waals surface area contributed by atoms with Crippen LogP contribution in [0, 0.1) is 0 Å². The van der Waals surface area contributed by atoms with Crippen LogP contribution in [-0.4, -0.2) is 73.1 Å². The van der Waals surface area contributed by atoms with Crippen LogP contribution in [0.4, 0.5) is 0 Å². The minimum atomic E-state index is -0.655. The lowest BCUT2D eigenvalue weighted by molar-refractivity contribution is -0.144. The zero-order valence-electron chi connectivity index (χ0n) is 12.6. The maximum atomic E-state index is 12.7. The summed E-state index contributed by atoms with van der Waals surface area (Å²) >= 11 is 0. The minimum absolute atomic E-state index is 0.0424. The van der Waals surface area contributed by atoms with Gasteiger partial charge in [-0.05, 0) is 26.7 Å². The number of hydrogen-bond acceptors (Lipinski definition) is 4. The van der Waals surface area contributed by atoms with Gasteiger partial charge in [0.2, 0.25) is 11.8 Å². The normalized spacial score (nSPS) is 24.8.